The van der Waals surface area contributed by atoms with E-state index in [0.717, 1.165) is 6.42 Å². The molecule has 0 bridgehead atoms. The van der Waals surface area contributed by atoms with E-state index in [1.54, 1.807) is 0 Å². The van der Waals surface area contributed by atoms with E-state index >= 15 is 0 Å². The third-order valence-corrected chi connectivity index (χ3v) is 5.05. The molecule has 0 saturated carbocycles. The molecule has 0 fully saturated rings. The minimum absolute atomic E-state index is 0.381. The Morgan fingerprint density at radius 1 is 1.10 bits per heavy atom. The molecule has 2 aromatic rings. The van der Waals surface area contributed by atoms with Crippen LogP contribution in [0.4, 0.5) is 11.4 Å². The van der Waals surface area contributed by atoms with Gasteiger partial charge in [-0.3, -0.25) is 0 Å². The van der Waals surface area contributed by atoms with Crippen LogP contribution < -0.4 is 4.90 Å². The molecule has 3 atom stereocenters. The number of hydrogen-bond acceptors (Lipinski definition) is 1. The number of para-hydroxylation sites is 2. The van der Waals surface area contributed by atoms with Crippen molar-refractivity contribution in [2.45, 2.75) is 52.0 Å². The quantitative estimate of drug-likeness (QED) is 0.682. The van der Waals surface area contributed by atoms with Crippen molar-refractivity contribution >= 4 is 11.4 Å². The Morgan fingerprint density at radius 2 is 1.76 bits per heavy atom. The fraction of sp³-hybridized carbons (Fsp3) is 0.400. The van der Waals surface area contributed by atoms with Crippen LogP contribution in [-0.2, 0) is 0 Å². The summed E-state index contributed by atoms with van der Waals surface area (Å²) in [5, 5.41) is 0. The molecule has 0 N–H and O–H groups in total. The van der Waals surface area contributed by atoms with E-state index in [1.807, 2.05) is 12.1 Å². The van der Waals surface area contributed by atoms with E-state index in [4.69, 9.17) is 1.37 Å². The molecule has 1 aliphatic rings. The maximum absolute atomic E-state index is 8.27. The fourth-order valence-electron chi connectivity index (χ4n) is 3.39. The first-order chi connectivity index (χ1) is 10.6. The zero-order valence-corrected chi connectivity index (χ0v) is 13.4. The van der Waals surface area contributed by atoms with Gasteiger partial charge >= 0.3 is 0 Å². The molecule has 0 saturated heterocycles. The van der Waals surface area contributed by atoms with Crippen LogP contribution in [0.2, 0.25) is 0 Å². The van der Waals surface area contributed by atoms with Crippen molar-refractivity contribution < 1.29 is 1.37 Å². The number of hydrogen-bond donors (Lipinski definition) is 0. The molecule has 0 radical (unpaired) electrons. The van der Waals surface area contributed by atoms with Gasteiger partial charge in [0.1, 0.15) is 0 Å². The van der Waals surface area contributed by atoms with E-state index < -0.39 is 0 Å². The second-order valence-electron chi connectivity index (χ2n) is 6.24. The normalized spacial score (nSPS) is 22.9. The molecular formula is C20H25N. The highest BCUT2D eigenvalue weighted by molar-refractivity contribution is 5.74. The van der Waals surface area contributed by atoms with Gasteiger partial charge in [0, 0.05) is 23.3 Å². The highest BCUT2D eigenvalue weighted by atomic mass is 15.2. The molecule has 2 aromatic carbocycles. The summed E-state index contributed by atoms with van der Waals surface area (Å²) < 4.78 is 8.27. The fourth-order valence-corrected chi connectivity index (χ4v) is 3.39. The zero-order chi connectivity index (χ0) is 15.9. The number of nitrogens with zero attached hydrogens (tertiary/aromatic N) is 1. The summed E-state index contributed by atoms with van der Waals surface area (Å²) in [4.78, 5) is 2.44. The summed E-state index contributed by atoms with van der Waals surface area (Å²) in [7, 11) is 0. The van der Waals surface area contributed by atoms with E-state index in [-0.39, 0.29) is 0 Å². The number of anilines is 2. The molecule has 1 heteroatoms. The van der Waals surface area contributed by atoms with Crippen molar-refractivity contribution in [3.63, 3.8) is 0 Å². The van der Waals surface area contributed by atoms with Crippen molar-refractivity contribution in [1.29, 1.82) is 0 Å². The average molecular weight is 281 g/mol. The number of fused-ring (bicyclic) bond motifs is 1. The molecule has 21 heavy (non-hydrogen) atoms. The largest absolute Gasteiger partial charge is 0.338 e. The number of rotatable bonds is 3. The molecule has 0 aromatic heterocycles. The Hall–Kier alpha value is -1.76. The van der Waals surface area contributed by atoms with E-state index in [2.05, 4.69) is 62.9 Å². The number of benzene rings is 2. The van der Waals surface area contributed by atoms with E-state index in [0.29, 0.717) is 23.9 Å². The Kier molecular flexibility index (Phi) is 3.42. The van der Waals surface area contributed by atoms with Gasteiger partial charge in [-0.15, -0.1) is 0 Å². The van der Waals surface area contributed by atoms with Gasteiger partial charge in [0.05, 0.1) is 1.37 Å². The molecule has 1 aliphatic heterocycles. The van der Waals surface area contributed by atoms with Gasteiger partial charge in [-0.05, 0) is 42.5 Å². The van der Waals surface area contributed by atoms with Crippen LogP contribution in [0.15, 0.2) is 48.5 Å². The smallest absolute Gasteiger partial charge is 0.0626 e. The zero-order valence-electron chi connectivity index (χ0n) is 14.4. The summed E-state index contributed by atoms with van der Waals surface area (Å²) >= 11 is 0. The van der Waals surface area contributed by atoms with Crippen molar-refractivity contribution in [3.8, 4) is 0 Å². The predicted octanol–water partition coefficient (Wildman–Crippen LogP) is 5.84. The van der Waals surface area contributed by atoms with Crippen LogP contribution in [0.5, 0.6) is 0 Å². The lowest BCUT2D eigenvalue weighted by Crippen LogP contribution is -2.27. The molecule has 0 amide bonds. The van der Waals surface area contributed by atoms with E-state index in [9.17, 15) is 0 Å². The average Bonchev–Trinajstić information content (AvgIpc) is 2.79. The monoisotopic (exact) mass is 281 g/mol. The minimum atomic E-state index is 0.381. The molecule has 0 unspecified atom stereocenters. The van der Waals surface area contributed by atoms with Crippen LogP contribution in [0, 0.1) is 0 Å². The highest BCUT2D eigenvalue weighted by Crippen LogP contribution is 2.46. The lowest BCUT2D eigenvalue weighted by atomic mass is 9.95. The second kappa shape index (κ2) is 5.55. The van der Waals surface area contributed by atoms with Crippen LogP contribution >= 0.6 is 0 Å². The summed E-state index contributed by atoms with van der Waals surface area (Å²) in [6.45, 7) is 9.06. The predicted molar refractivity (Wildman–Crippen MR) is 91.6 cm³/mol. The van der Waals surface area contributed by atoms with Crippen molar-refractivity contribution in [2.75, 3.05) is 4.90 Å². The van der Waals surface area contributed by atoms with Crippen LogP contribution in [0.3, 0.4) is 0 Å². The van der Waals surface area contributed by atoms with Gasteiger partial charge in [-0.25, -0.2) is 0 Å². The SMILES string of the molecule is [3H]c1cccc2c1[C@H](C)[C@H](C)N2c1ccccc1[C@H](C)CC. The molecule has 110 valence electrons. The molecule has 3 rings (SSSR count). The Bertz CT molecular complexity index is 679. The molecular weight excluding hydrogens is 254 g/mol. The second-order valence-corrected chi connectivity index (χ2v) is 6.24. The highest BCUT2D eigenvalue weighted by Gasteiger charge is 2.34. The van der Waals surface area contributed by atoms with Crippen molar-refractivity contribution in [2.24, 2.45) is 0 Å². The molecule has 0 spiro atoms. The third-order valence-electron chi connectivity index (χ3n) is 5.05. The standard InChI is InChI=1S/C20H25N/c1-5-14(2)17-10-6-8-12-19(17)21-16(4)15(3)18-11-7-9-13-20(18)21/h6-16H,5H2,1-4H3/t14-,15-,16+/m1/s1/i11T. The van der Waals surface area contributed by atoms with Crippen LogP contribution in [0.1, 0.15) is 58.4 Å². The lowest BCUT2D eigenvalue weighted by molar-refractivity contribution is 0.636. The van der Waals surface area contributed by atoms with Crippen LogP contribution in [-0.4, -0.2) is 6.04 Å². The first kappa shape index (κ1) is 12.9. The van der Waals surface area contributed by atoms with Gasteiger partial charge in [-0.1, -0.05) is 57.1 Å². The Balaban J connectivity index is 2.17. The van der Waals surface area contributed by atoms with Gasteiger partial charge in [-0.2, -0.15) is 0 Å². The van der Waals surface area contributed by atoms with Crippen LogP contribution in [0.25, 0.3) is 0 Å². The van der Waals surface area contributed by atoms with Gasteiger partial charge in [0.15, 0.2) is 0 Å². The van der Waals surface area contributed by atoms with E-state index in [1.165, 1.54) is 22.5 Å². The summed E-state index contributed by atoms with van der Waals surface area (Å²) in [5.41, 5.74) is 5.12. The molecule has 0 aliphatic carbocycles. The maximum atomic E-state index is 8.27. The van der Waals surface area contributed by atoms with Crippen molar-refractivity contribution in [1.82, 2.24) is 0 Å². The molecule has 1 nitrogen and oxygen atoms in total. The topological polar surface area (TPSA) is 3.24 Å². The lowest BCUT2D eigenvalue weighted by Gasteiger charge is -2.30. The first-order valence-electron chi connectivity index (χ1n) is 8.53. The third kappa shape index (κ3) is 2.25. The Morgan fingerprint density at radius 3 is 2.52 bits per heavy atom. The first-order valence-corrected chi connectivity index (χ1v) is 8.03. The van der Waals surface area contributed by atoms with Gasteiger partial charge in [0.2, 0.25) is 0 Å². The Labute approximate surface area is 130 Å². The molecule has 1 heterocycles. The van der Waals surface area contributed by atoms with Crippen molar-refractivity contribution in [3.05, 3.63) is 59.6 Å². The maximum Gasteiger partial charge on any atom is 0.0626 e. The summed E-state index contributed by atoms with van der Waals surface area (Å²) in [6, 6.07) is 15.9. The van der Waals surface area contributed by atoms with Gasteiger partial charge < -0.3 is 4.90 Å². The summed E-state index contributed by atoms with van der Waals surface area (Å²) in [5.74, 6) is 0.927. The summed E-state index contributed by atoms with van der Waals surface area (Å²) in [6.07, 6.45) is 1.14. The van der Waals surface area contributed by atoms with Gasteiger partial charge in [0.25, 0.3) is 0 Å². The minimum Gasteiger partial charge on any atom is -0.338 e.